The molecule has 6 heteroatoms. The molecule has 0 rings (SSSR count). The molecule has 0 radical (unpaired) electrons. The van der Waals surface area contributed by atoms with Crippen LogP contribution in [-0.2, 0) is 16.1 Å². The molecule has 0 aliphatic heterocycles. The number of unbranched alkanes of at least 4 members (excludes halogenated alkanes) is 2. The lowest BCUT2D eigenvalue weighted by Gasteiger charge is -1.99. The fourth-order valence-corrected chi connectivity index (χ4v) is 1.23. The third kappa shape index (κ3) is 12.7. The number of nitrogens with two attached hydrogens (primary N) is 1. The van der Waals surface area contributed by atoms with Crippen LogP contribution in [0.25, 0.3) is 0 Å². The van der Waals surface area contributed by atoms with Crippen LogP contribution in [0.2, 0.25) is 0 Å². The first-order valence-electron chi connectivity index (χ1n) is 5.19. The van der Waals surface area contributed by atoms with Gasteiger partial charge in [-0.05, 0) is 18.9 Å². The highest BCUT2D eigenvalue weighted by Gasteiger charge is 2.04. The van der Waals surface area contributed by atoms with Gasteiger partial charge in [-0.1, -0.05) is 31.9 Å². The summed E-state index contributed by atoms with van der Waals surface area (Å²) in [5.41, 5.74) is 0.393. The van der Waals surface area contributed by atoms with Crippen LogP contribution >= 0.6 is 0 Å². The number of carboxylic acids is 1. The fourth-order valence-electron chi connectivity index (χ4n) is 1.08. The number of hydrogen-bond donors (Lipinski definition) is 3. The van der Waals surface area contributed by atoms with Crippen molar-refractivity contribution in [2.45, 2.75) is 32.6 Å². The minimum Gasteiger partial charge on any atom is -0.478 e. The van der Waals surface area contributed by atoms with Gasteiger partial charge in [-0.3, -0.25) is 0 Å². The lowest BCUT2D eigenvalue weighted by molar-refractivity contribution is -0.132. The molecule has 17 heavy (non-hydrogen) atoms. The van der Waals surface area contributed by atoms with Gasteiger partial charge in [-0.2, -0.15) is 0 Å². The van der Waals surface area contributed by atoms with Gasteiger partial charge in [0.15, 0.2) is 0 Å². The SMILES string of the molecule is CCCCC/C(=C\C=C\C=S=O)C(=O)O.NO. The van der Waals surface area contributed by atoms with E-state index < -0.39 is 5.97 Å². The Bertz CT molecular complexity index is 307. The summed E-state index contributed by atoms with van der Waals surface area (Å²) in [7, 11) is 0. The third-order valence-electron chi connectivity index (χ3n) is 1.87. The Kier molecular flexibility index (Phi) is 15.7. The van der Waals surface area contributed by atoms with Crippen LogP contribution < -0.4 is 5.90 Å². The molecule has 98 valence electrons. The number of aliphatic carboxylic acids is 1. The largest absolute Gasteiger partial charge is 0.478 e. The molecule has 0 atom stereocenters. The summed E-state index contributed by atoms with van der Waals surface area (Å²) in [4.78, 5) is 10.8. The molecule has 0 unspecified atom stereocenters. The van der Waals surface area contributed by atoms with Gasteiger partial charge < -0.3 is 10.3 Å². The van der Waals surface area contributed by atoms with Gasteiger partial charge in [0.25, 0.3) is 0 Å². The summed E-state index contributed by atoms with van der Waals surface area (Å²) in [6.07, 6.45) is 8.26. The van der Waals surface area contributed by atoms with Gasteiger partial charge in [0, 0.05) is 10.9 Å². The molecule has 0 aromatic rings. The molecule has 0 fully saturated rings. The number of allylic oxidation sites excluding steroid dienone is 3. The van der Waals surface area contributed by atoms with Crippen LogP contribution in [0.5, 0.6) is 0 Å². The number of carbonyl (C=O) groups is 1. The Labute approximate surface area is 105 Å². The van der Waals surface area contributed by atoms with Crippen molar-refractivity contribution in [1.29, 1.82) is 0 Å². The topological polar surface area (TPSA) is 101 Å². The van der Waals surface area contributed by atoms with Crippen molar-refractivity contribution < 1.29 is 19.3 Å². The molecule has 4 N–H and O–H groups in total. The van der Waals surface area contributed by atoms with Crippen molar-refractivity contribution in [3.05, 3.63) is 23.8 Å². The van der Waals surface area contributed by atoms with Crippen LogP contribution in [0, 0.1) is 0 Å². The first kappa shape index (κ1) is 18.1. The van der Waals surface area contributed by atoms with Crippen molar-refractivity contribution in [1.82, 2.24) is 0 Å². The van der Waals surface area contributed by atoms with E-state index in [2.05, 4.69) is 12.8 Å². The van der Waals surface area contributed by atoms with Gasteiger partial charge in [-0.15, -0.1) is 0 Å². The zero-order chi connectivity index (χ0) is 13.5. The Morgan fingerprint density at radius 3 is 2.41 bits per heavy atom. The first-order valence-corrected chi connectivity index (χ1v) is 5.99. The Hall–Kier alpha value is -1.24. The van der Waals surface area contributed by atoms with E-state index in [4.69, 9.17) is 10.3 Å². The van der Waals surface area contributed by atoms with Gasteiger partial charge in [0.05, 0.1) is 11.3 Å². The van der Waals surface area contributed by atoms with E-state index in [1.54, 1.807) is 18.2 Å². The maximum Gasteiger partial charge on any atom is 0.331 e. The number of hydrogen-bond acceptors (Lipinski definition) is 4. The minimum absolute atomic E-state index is 0.345. The summed E-state index contributed by atoms with van der Waals surface area (Å²) in [6, 6.07) is 0. The minimum atomic E-state index is -0.884. The molecular formula is C11H19NO4S. The Morgan fingerprint density at radius 1 is 1.29 bits per heavy atom. The summed E-state index contributed by atoms with van der Waals surface area (Å²) in [5, 5.41) is 16.7. The van der Waals surface area contributed by atoms with Gasteiger partial charge in [-0.25, -0.2) is 14.9 Å². The van der Waals surface area contributed by atoms with Crippen molar-refractivity contribution in [3.63, 3.8) is 0 Å². The summed E-state index contributed by atoms with van der Waals surface area (Å²) < 4.78 is 9.99. The van der Waals surface area contributed by atoms with E-state index in [9.17, 15) is 9.00 Å². The fraction of sp³-hybridized carbons (Fsp3) is 0.455. The molecular weight excluding hydrogens is 242 g/mol. The van der Waals surface area contributed by atoms with E-state index in [0.29, 0.717) is 23.2 Å². The van der Waals surface area contributed by atoms with E-state index in [0.717, 1.165) is 19.3 Å². The molecule has 0 bridgehead atoms. The molecule has 0 aromatic heterocycles. The molecule has 0 aliphatic carbocycles. The smallest absolute Gasteiger partial charge is 0.331 e. The lowest BCUT2D eigenvalue weighted by Crippen LogP contribution is -2.00. The maximum absolute atomic E-state index is 10.8. The average molecular weight is 261 g/mol. The molecule has 0 amide bonds. The molecule has 0 aliphatic rings. The zero-order valence-corrected chi connectivity index (χ0v) is 10.7. The average Bonchev–Trinajstić information content (AvgIpc) is 2.34. The van der Waals surface area contributed by atoms with E-state index in [1.807, 2.05) is 0 Å². The predicted octanol–water partition coefficient (Wildman–Crippen LogP) is 1.48. The van der Waals surface area contributed by atoms with Crippen LogP contribution in [0.3, 0.4) is 0 Å². The Morgan fingerprint density at radius 2 is 1.94 bits per heavy atom. The normalized spacial score (nSPS) is 10.6. The maximum atomic E-state index is 10.8. The highest BCUT2D eigenvalue weighted by Crippen LogP contribution is 2.09. The second-order valence-corrected chi connectivity index (χ2v) is 3.54. The summed E-state index contributed by atoms with van der Waals surface area (Å²) in [5.74, 6) is 2.62. The second kappa shape index (κ2) is 14.8. The molecule has 0 spiro atoms. The van der Waals surface area contributed by atoms with Crippen molar-refractivity contribution in [2.24, 2.45) is 5.90 Å². The molecule has 0 saturated carbocycles. The molecule has 0 aromatic carbocycles. The summed E-state index contributed by atoms with van der Waals surface area (Å²) >= 11 is 0.345. The summed E-state index contributed by atoms with van der Waals surface area (Å²) in [6.45, 7) is 2.07. The van der Waals surface area contributed by atoms with Crippen LogP contribution in [0.4, 0.5) is 0 Å². The monoisotopic (exact) mass is 261 g/mol. The van der Waals surface area contributed by atoms with Gasteiger partial charge in [0.1, 0.15) is 0 Å². The standard InChI is InChI=1S/C11H16O3S.H3NO/c1-2-3-4-7-10(11(12)13)8-5-6-9-15-14;1-2/h5-6,8-9H,2-4,7H2,1H3,(H,12,13);2H,1H2/b6-5+,10-8+;. The lowest BCUT2D eigenvalue weighted by atomic mass is 10.1. The number of carboxylic acid groups (broad SMARTS) is 1. The Balaban J connectivity index is 0. The highest BCUT2D eigenvalue weighted by molar-refractivity contribution is 7.65. The van der Waals surface area contributed by atoms with Gasteiger partial charge in [0.2, 0.25) is 0 Å². The van der Waals surface area contributed by atoms with Crippen molar-refractivity contribution in [3.8, 4) is 0 Å². The molecule has 0 saturated heterocycles. The van der Waals surface area contributed by atoms with Crippen LogP contribution in [-0.4, -0.2) is 25.9 Å². The van der Waals surface area contributed by atoms with E-state index >= 15 is 0 Å². The predicted molar refractivity (Wildman–Crippen MR) is 69.2 cm³/mol. The zero-order valence-electron chi connectivity index (χ0n) is 9.83. The third-order valence-corrected chi connectivity index (χ3v) is 2.14. The highest BCUT2D eigenvalue weighted by atomic mass is 32.1. The quantitative estimate of drug-likeness (QED) is 0.212. The van der Waals surface area contributed by atoms with Crippen molar-refractivity contribution >= 4 is 22.6 Å². The van der Waals surface area contributed by atoms with Crippen molar-refractivity contribution in [2.75, 3.05) is 0 Å². The van der Waals surface area contributed by atoms with Gasteiger partial charge >= 0.3 is 5.97 Å². The van der Waals surface area contributed by atoms with E-state index in [-0.39, 0.29) is 0 Å². The first-order chi connectivity index (χ1) is 8.22. The second-order valence-electron chi connectivity index (χ2n) is 3.07. The van der Waals surface area contributed by atoms with Crippen LogP contribution in [0.15, 0.2) is 23.8 Å². The van der Waals surface area contributed by atoms with Crippen LogP contribution in [0.1, 0.15) is 32.6 Å². The number of rotatable bonds is 7. The van der Waals surface area contributed by atoms with E-state index in [1.165, 1.54) is 5.37 Å². The molecule has 0 heterocycles. The molecule has 5 nitrogen and oxygen atoms in total.